The van der Waals surface area contributed by atoms with Crippen molar-refractivity contribution in [2.45, 2.75) is 12.5 Å². The van der Waals surface area contributed by atoms with Gasteiger partial charge in [-0.05, 0) is 0 Å². The molecule has 2 rings (SSSR count). The summed E-state index contributed by atoms with van der Waals surface area (Å²) in [6.45, 7) is 2.93. The van der Waals surface area contributed by atoms with Crippen LogP contribution in [0.25, 0.3) is 0 Å². The van der Waals surface area contributed by atoms with Crippen molar-refractivity contribution in [1.29, 1.82) is 0 Å². The van der Waals surface area contributed by atoms with Crippen LogP contribution in [0.1, 0.15) is 6.42 Å². The first-order valence-electron chi connectivity index (χ1n) is 6.66. The Morgan fingerprint density at radius 2 is 2.11 bits per heavy atom. The van der Waals surface area contributed by atoms with E-state index in [-0.39, 0.29) is 24.8 Å². The molecule has 1 N–H and O–H groups in total. The van der Waals surface area contributed by atoms with Crippen molar-refractivity contribution in [1.82, 2.24) is 15.1 Å². The van der Waals surface area contributed by atoms with E-state index in [1.807, 2.05) is 0 Å². The molecule has 0 aromatic heterocycles. The average Bonchev–Trinajstić information content (AvgIpc) is 2.44. The Hall–Kier alpha value is -1.21. The topological polar surface area (TPSA) is 61.9 Å². The summed E-state index contributed by atoms with van der Waals surface area (Å²) in [4.78, 5) is 27.3. The maximum Gasteiger partial charge on any atom is 0.240 e. The highest BCUT2D eigenvalue weighted by atomic mass is 19.1. The Balaban J connectivity index is 1.86. The molecule has 2 amide bonds. The number of piperazine rings is 1. The number of carbonyl (C=O) groups is 2. The van der Waals surface area contributed by atoms with Crippen LogP contribution in [0.5, 0.6) is 0 Å². The number of carbonyl (C=O) groups excluding carboxylic acids is 2. The third-order valence-electron chi connectivity index (χ3n) is 3.48. The minimum atomic E-state index is -0.546. The fourth-order valence-electron chi connectivity index (χ4n) is 2.39. The first-order chi connectivity index (χ1) is 9.22. The molecule has 6 nitrogen and oxygen atoms in total. The minimum Gasteiger partial charge on any atom is -0.378 e. The summed E-state index contributed by atoms with van der Waals surface area (Å²) in [7, 11) is 0. The Bertz CT molecular complexity index is 332. The van der Waals surface area contributed by atoms with Crippen LogP contribution in [0.3, 0.4) is 0 Å². The normalized spacial score (nSPS) is 24.7. The van der Waals surface area contributed by atoms with E-state index in [0.29, 0.717) is 39.4 Å². The highest BCUT2D eigenvalue weighted by Gasteiger charge is 2.31. The van der Waals surface area contributed by atoms with E-state index in [0.717, 1.165) is 0 Å². The van der Waals surface area contributed by atoms with Crippen molar-refractivity contribution in [3.05, 3.63) is 0 Å². The van der Waals surface area contributed by atoms with Crippen molar-refractivity contribution in [2.24, 2.45) is 0 Å². The van der Waals surface area contributed by atoms with Crippen LogP contribution in [0.2, 0.25) is 0 Å². The smallest absolute Gasteiger partial charge is 0.240 e. The van der Waals surface area contributed by atoms with Crippen LogP contribution in [0.4, 0.5) is 4.39 Å². The lowest BCUT2D eigenvalue weighted by Crippen LogP contribution is -2.57. The molecule has 0 saturated carbocycles. The Morgan fingerprint density at radius 3 is 2.79 bits per heavy atom. The molecule has 0 spiro atoms. The van der Waals surface area contributed by atoms with E-state index in [1.165, 1.54) is 4.90 Å². The number of nitrogens with zero attached hydrogens (tertiary/aromatic N) is 2. The monoisotopic (exact) mass is 273 g/mol. The summed E-state index contributed by atoms with van der Waals surface area (Å²) in [6, 6.07) is -0.518. The number of alkyl halides is 1. The van der Waals surface area contributed by atoms with E-state index in [1.54, 1.807) is 4.90 Å². The van der Waals surface area contributed by atoms with Crippen molar-refractivity contribution < 1.29 is 18.7 Å². The first-order valence-corrected chi connectivity index (χ1v) is 6.66. The number of rotatable bonds is 4. The molecule has 2 aliphatic heterocycles. The molecule has 108 valence electrons. The molecule has 0 bridgehead atoms. The molecular weight excluding hydrogens is 253 g/mol. The number of halogens is 1. The third kappa shape index (κ3) is 3.63. The van der Waals surface area contributed by atoms with Crippen LogP contribution in [-0.2, 0) is 14.3 Å². The molecule has 1 atom stereocenters. The van der Waals surface area contributed by atoms with Gasteiger partial charge in [-0.3, -0.25) is 9.59 Å². The van der Waals surface area contributed by atoms with E-state index in [2.05, 4.69) is 5.32 Å². The standard InChI is InChI=1S/C12H20FN3O3/c13-1-3-16-4-2-14-10(12(16)18)9-11(17)15-5-7-19-8-6-15/h10,14H,1-9H2. The molecular formula is C12H20FN3O3. The van der Waals surface area contributed by atoms with E-state index in [4.69, 9.17) is 4.74 Å². The lowest BCUT2D eigenvalue weighted by molar-refractivity contribution is -0.142. The van der Waals surface area contributed by atoms with Crippen LogP contribution >= 0.6 is 0 Å². The highest BCUT2D eigenvalue weighted by Crippen LogP contribution is 2.08. The summed E-state index contributed by atoms with van der Waals surface area (Å²) in [6.07, 6.45) is 0.140. The summed E-state index contributed by atoms with van der Waals surface area (Å²) in [5.41, 5.74) is 0. The van der Waals surface area contributed by atoms with Gasteiger partial charge >= 0.3 is 0 Å². The van der Waals surface area contributed by atoms with Crippen molar-refractivity contribution >= 4 is 11.8 Å². The van der Waals surface area contributed by atoms with Gasteiger partial charge in [0.1, 0.15) is 6.67 Å². The Morgan fingerprint density at radius 1 is 1.37 bits per heavy atom. The predicted octanol–water partition coefficient (Wildman–Crippen LogP) is -0.995. The van der Waals surface area contributed by atoms with Crippen molar-refractivity contribution in [3.8, 4) is 0 Å². The van der Waals surface area contributed by atoms with Crippen LogP contribution in [0, 0.1) is 0 Å². The second kappa shape index (κ2) is 6.81. The number of hydrogen-bond acceptors (Lipinski definition) is 4. The molecule has 0 aromatic rings. The lowest BCUT2D eigenvalue weighted by Gasteiger charge is -2.34. The summed E-state index contributed by atoms with van der Waals surface area (Å²) >= 11 is 0. The van der Waals surface area contributed by atoms with Gasteiger partial charge in [0.2, 0.25) is 11.8 Å². The molecule has 2 heterocycles. The van der Waals surface area contributed by atoms with E-state index < -0.39 is 12.7 Å². The number of morpholine rings is 1. The second-order valence-electron chi connectivity index (χ2n) is 4.72. The van der Waals surface area contributed by atoms with Crippen LogP contribution in [0.15, 0.2) is 0 Å². The van der Waals surface area contributed by atoms with Gasteiger partial charge in [-0.15, -0.1) is 0 Å². The zero-order valence-corrected chi connectivity index (χ0v) is 10.9. The van der Waals surface area contributed by atoms with Gasteiger partial charge in [0.15, 0.2) is 0 Å². The van der Waals surface area contributed by atoms with Crippen molar-refractivity contribution in [3.63, 3.8) is 0 Å². The summed E-state index contributed by atoms with van der Waals surface area (Å²) in [5, 5.41) is 3.03. The first kappa shape index (κ1) is 14.2. The number of ether oxygens (including phenoxy) is 1. The maximum absolute atomic E-state index is 12.3. The molecule has 1 unspecified atom stereocenters. The van der Waals surface area contributed by atoms with Gasteiger partial charge in [0, 0.05) is 32.7 Å². The molecule has 2 saturated heterocycles. The van der Waals surface area contributed by atoms with Gasteiger partial charge < -0.3 is 19.9 Å². The summed E-state index contributed by atoms with van der Waals surface area (Å²) < 4.78 is 17.5. The number of hydrogen-bond donors (Lipinski definition) is 1. The largest absolute Gasteiger partial charge is 0.378 e. The molecule has 19 heavy (non-hydrogen) atoms. The summed E-state index contributed by atoms with van der Waals surface area (Å²) in [5.74, 6) is -0.221. The molecule has 7 heteroatoms. The van der Waals surface area contributed by atoms with Crippen molar-refractivity contribution in [2.75, 3.05) is 52.6 Å². The zero-order valence-electron chi connectivity index (χ0n) is 10.9. The van der Waals surface area contributed by atoms with Crippen LogP contribution in [-0.4, -0.2) is 80.3 Å². The minimum absolute atomic E-state index is 0.0451. The molecule has 0 aliphatic carbocycles. The van der Waals surface area contributed by atoms with Gasteiger partial charge in [-0.1, -0.05) is 0 Å². The zero-order chi connectivity index (χ0) is 13.7. The Labute approximate surface area is 111 Å². The van der Waals surface area contributed by atoms with Gasteiger partial charge in [-0.2, -0.15) is 0 Å². The van der Waals surface area contributed by atoms with Gasteiger partial charge in [0.25, 0.3) is 0 Å². The highest BCUT2D eigenvalue weighted by molar-refractivity contribution is 5.89. The number of nitrogens with one attached hydrogen (secondary N) is 1. The van der Waals surface area contributed by atoms with E-state index >= 15 is 0 Å². The fourth-order valence-corrected chi connectivity index (χ4v) is 2.39. The lowest BCUT2D eigenvalue weighted by atomic mass is 10.1. The fraction of sp³-hybridized carbons (Fsp3) is 0.833. The quantitative estimate of drug-likeness (QED) is 0.714. The van der Waals surface area contributed by atoms with Crippen LogP contribution < -0.4 is 5.32 Å². The third-order valence-corrected chi connectivity index (χ3v) is 3.48. The molecule has 2 fully saturated rings. The molecule has 0 aromatic carbocycles. The molecule has 0 radical (unpaired) electrons. The SMILES string of the molecule is O=C(CC1NCCN(CCF)C1=O)N1CCOCC1. The van der Waals surface area contributed by atoms with Gasteiger partial charge in [0.05, 0.1) is 25.7 Å². The molecule has 2 aliphatic rings. The average molecular weight is 273 g/mol. The van der Waals surface area contributed by atoms with Gasteiger partial charge in [-0.25, -0.2) is 4.39 Å². The Kier molecular flexibility index (Phi) is 5.09. The second-order valence-corrected chi connectivity index (χ2v) is 4.72. The van der Waals surface area contributed by atoms with E-state index in [9.17, 15) is 14.0 Å². The number of amides is 2. The predicted molar refractivity (Wildman–Crippen MR) is 66.4 cm³/mol. The maximum atomic E-state index is 12.3.